The standard InChI is InChI=1S/C24H44O2/c1-2-3-4-5-6-7-8-9-10-11-12-13-14-15-16-17-18-19-20-21-22-23-24(25)26/h11-12,22-23H,2-10,13-21H2,1H3,(H,25,26). The highest BCUT2D eigenvalue weighted by molar-refractivity contribution is 5.79. The number of allylic oxidation sites excluding steroid dienone is 3. The summed E-state index contributed by atoms with van der Waals surface area (Å²) in [5.41, 5.74) is 0. The van der Waals surface area contributed by atoms with Gasteiger partial charge in [0, 0.05) is 6.08 Å². The minimum atomic E-state index is -0.836. The van der Waals surface area contributed by atoms with Crippen molar-refractivity contribution in [3.05, 3.63) is 24.3 Å². The minimum Gasteiger partial charge on any atom is -0.478 e. The molecular formula is C24H44O2. The van der Waals surface area contributed by atoms with Crippen molar-refractivity contribution in [3.63, 3.8) is 0 Å². The maximum absolute atomic E-state index is 10.3. The van der Waals surface area contributed by atoms with Gasteiger partial charge in [0.15, 0.2) is 0 Å². The Labute approximate surface area is 163 Å². The van der Waals surface area contributed by atoms with Gasteiger partial charge in [-0.1, -0.05) is 102 Å². The molecule has 0 atom stereocenters. The fourth-order valence-corrected chi connectivity index (χ4v) is 3.22. The van der Waals surface area contributed by atoms with Gasteiger partial charge in [0.1, 0.15) is 0 Å². The van der Waals surface area contributed by atoms with Gasteiger partial charge in [-0.2, -0.15) is 0 Å². The lowest BCUT2D eigenvalue weighted by Crippen LogP contribution is -1.85. The Balaban J connectivity index is 3.11. The van der Waals surface area contributed by atoms with E-state index in [0.717, 1.165) is 12.8 Å². The van der Waals surface area contributed by atoms with Gasteiger partial charge in [-0.25, -0.2) is 4.79 Å². The molecule has 0 rings (SSSR count). The Bertz CT molecular complexity index is 344. The minimum absolute atomic E-state index is 0.836. The highest BCUT2D eigenvalue weighted by Gasteiger charge is 1.92. The Morgan fingerprint density at radius 2 is 0.923 bits per heavy atom. The van der Waals surface area contributed by atoms with E-state index in [1.165, 1.54) is 109 Å². The average molecular weight is 365 g/mol. The quantitative estimate of drug-likeness (QED) is 0.134. The van der Waals surface area contributed by atoms with Crippen LogP contribution in [0.5, 0.6) is 0 Å². The summed E-state index contributed by atoms with van der Waals surface area (Å²) >= 11 is 0. The van der Waals surface area contributed by atoms with Crippen LogP contribution in [0.4, 0.5) is 0 Å². The van der Waals surface area contributed by atoms with Crippen molar-refractivity contribution in [2.24, 2.45) is 0 Å². The van der Waals surface area contributed by atoms with Crippen molar-refractivity contribution in [2.45, 2.75) is 122 Å². The normalized spacial score (nSPS) is 11.7. The molecule has 26 heavy (non-hydrogen) atoms. The van der Waals surface area contributed by atoms with Crippen molar-refractivity contribution in [3.8, 4) is 0 Å². The van der Waals surface area contributed by atoms with E-state index in [0.29, 0.717) is 0 Å². The smallest absolute Gasteiger partial charge is 0.327 e. The predicted molar refractivity (Wildman–Crippen MR) is 115 cm³/mol. The van der Waals surface area contributed by atoms with Crippen LogP contribution in [-0.2, 0) is 4.79 Å². The van der Waals surface area contributed by atoms with Gasteiger partial charge < -0.3 is 5.11 Å². The number of carboxylic acid groups (broad SMARTS) is 1. The lowest BCUT2D eigenvalue weighted by atomic mass is 10.1. The van der Waals surface area contributed by atoms with Gasteiger partial charge in [-0.05, 0) is 38.5 Å². The Morgan fingerprint density at radius 1 is 0.577 bits per heavy atom. The van der Waals surface area contributed by atoms with E-state index < -0.39 is 5.97 Å². The van der Waals surface area contributed by atoms with Crippen molar-refractivity contribution in [1.29, 1.82) is 0 Å². The van der Waals surface area contributed by atoms with Crippen LogP contribution in [-0.4, -0.2) is 11.1 Å². The molecule has 0 aliphatic carbocycles. The molecule has 0 saturated carbocycles. The monoisotopic (exact) mass is 364 g/mol. The molecule has 152 valence electrons. The lowest BCUT2D eigenvalue weighted by molar-refractivity contribution is -0.131. The summed E-state index contributed by atoms with van der Waals surface area (Å²) in [5.74, 6) is -0.836. The second-order valence-electron chi connectivity index (χ2n) is 7.53. The molecule has 0 fully saturated rings. The van der Waals surface area contributed by atoms with Crippen molar-refractivity contribution in [1.82, 2.24) is 0 Å². The molecule has 0 heterocycles. The van der Waals surface area contributed by atoms with Gasteiger partial charge in [-0.3, -0.25) is 0 Å². The number of rotatable bonds is 20. The van der Waals surface area contributed by atoms with Crippen LogP contribution in [0, 0.1) is 0 Å². The first-order valence-electron chi connectivity index (χ1n) is 11.3. The van der Waals surface area contributed by atoms with Crippen LogP contribution >= 0.6 is 0 Å². The SMILES string of the molecule is CCCCCCCCCCC=CCCCCCCCCCC=CC(=O)O. The van der Waals surface area contributed by atoms with Gasteiger partial charge in [0.25, 0.3) is 0 Å². The van der Waals surface area contributed by atoms with Crippen LogP contribution < -0.4 is 0 Å². The van der Waals surface area contributed by atoms with Crippen LogP contribution in [0.3, 0.4) is 0 Å². The molecule has 0 radical (unpaired) electrons. The first-order valence-corrected chi connectivity index (χ1v) is 11.3. The van der Waals surface area contributed by atoms with Crippen molar-refractivity contribution < 1.29 is 9.90 Å². The summed E-state index contributed by atoms with van der Waals surface area (Å²) in [5, 5.41) is 8.48. The van der Waals surface area contributed by atoms with E-state index in [2.05, 4.69) is 19.1 Å². The summed E-state index contributed by atoms with van der Waals surface area (Å²) < 4.78 is 0. The summed E-state index contributed by atoms with van der Waals surface area (Å²) in [6.45, 7) is 2.28. The van der Waals surface area contributed by atoms with Crippen LogP contribution in [0.15, 0.2) is 24.3 Å². The molecule has 0 aromatic carbocycles. The molecule has 0 aromatic rings. The van der Waals surface area contributed by atoms with Gasteiger partial charge in [0.05, 0.1) is 0 Å². The lowest BCUT2D eigenvalue weighted by Gasteiger charge is -2.00. The highest BCUT2D eigenvalue weighted by Crippen LogP contribution is 2.12. The maximum atomic E-state index is 10.3. The largest absolute Gasteiger partial charge is 0.478 e. The first-order chi connectivity index (χ1) is 12.8. The van der Waals surface area contributed by atoms with Gasteiger partial charge in [0.2, 0.25) is 0 Å². The third-order valence-corrected chi connectivity index (χ3v) is 4.89. The molecule has 0 spiro atoms. The van der Waals surface area contributed by atoms with E-state index in [-0.39, 0.29) is 0 Å². The van der Waals surface area contributed by atoms with E-state index in [1.807, 2.05) is 0 Å². The zero-order chi connectivity index (χ0) is 19.1. The van der Waals surface area contributed by atoms with Crippen LogP contribution in [0.25, 0.3) is 0 Å². The van der Waals surface area contributed by atoms with E-state index in [1.54, 1.807) is 6.08 Å². The summed E-state index contributed by atoms with van der Waals surface area (Å²) in [6, 6.07) is 0. The predicted octanol–water partition coefficient (Wildman–Crippen LogP) is 8.23. The number of hydrogen-bond donors (Lipinski definition) is 1. The number of carboxylic acids is 1. The van der Waals surface area contributed by atoms with Gasteiger partial charge >= 0.3 is 5.97 Å². The van der Waals surface area contributed by atoms with E-state index in [4.69, 9.17) is 5.11 Å². The van der Waals surface area contributed by atoms with Gasteiger partial charge in [-0.15, -0.1) is 0 Å². The molecule has 0 aromatic heterocycles. The molecule has 2 nitrogen and oxygen atoms in total. The fraction of sp³-hybridized carbons (Fsp3) is 0.792. The third-order valence-electron chi connectivity index (χ3n) is 4.89. The number of hydrogen-bond acceptors (Lipinski definition) is 1. The van der Waals surface area contributed by atoms with E-state index in [9.17, 15) is 4.79 Å². The molecule has 0 saturated heterocycles. The summed E-state index contributed by atoms with van der Waals surface area (Å²) in [7, 11) is 0. The number of unbranched alkanes of at least 4 members (excludes halogenated alkanes) is 16. The topological polar surface area (TPSA) is 37.3 Å². The molecule has 0 amide bonds. The molecule has 0 aliphatic rings. The zero-order valence-corrected chi connectivity index (χ0v) is 17.4. The van der Waals surface area contributed by atoms with E-state index >= 15 is 0 Å². The Morgan fingerprint density at radius 3 is 1.31 bits per heavy atom. The average Bonchev–Trinajstić information content (AvgIpc) is 2.62. The van der Waals surface area contributed by atoms with Crippen molar-refractivity contribution >= 4 is 5.97 Å². The summed E-state index contributed by atoms with van der Waals surface area (Å²) in [6.07, 6.45) is 31.4. The highest BCUT2D eigenvalue weighted by atomic mass is 16.4. The third kappa shape index (κ3) is 22.9. The van der Waals surface area contributed by atoms with Crippen LogP contribution in [0.1, 0.15) is 122 Å². The zero-order valence-electron chi connectivity index (χ0n) is 17.4. The maximum Gasteiger partial charge on any atom is 0.327 e. The molecule has 0 unspecified atom stereocenters. The number of aliphatic carboxylic acids is 1. The molecular weight excluding hydrogens is 320 g/mol. The second-order valence-corrected chi connectivity index (χ2v) is 7.53. The molecule has 0 bridgehead atoms. The molecule has 1 N–H and O–H groups in total. The second kappa shape index (κ2) is 22.0. The summed E-state index contributed by atoms with van der Waals surface area (Å²) in [4.78, 5) is 10.3. The Hall–Kier alpha value is -1.05. The Kier molecular flexibility index (Phi) is 21.1. The van der Waals surface area contributed by atoms with Crippen molar-refractivity contribution in [2.75, 3.05) is 0 Å². The molecule has 0 aliphatic heterocycles. The number of carbonyl (C=O) groups is 1. The molecule has 2 heteroatoms. The van der Waals surface area contributed by atoms with Crippen LogP contribution in [0.2, 0.25) is 0 Å². The first kappa shape index (κ1) is 24.9. The fourth-order valence-electron chi connectivity index (χ4n) is 3.22.